The predicted molar refractivity (Wildman–Crippen MR) is 110 cm³/mol. The van der Waals surface area contributed by atoms with Crippen LogP contribution in [0.5, 0.6) is 0 Å². The van der Waals surface area contributed by atoms with Crippen LogP contribution in [0.25, 0.3) is 5.57 Å². The highest BCUT2D eigenvalue weighted by Gasteiger charge is 2.42. The van der Waals surface area contributed by atoms with Crippen molar-refractivity contribution in [2.45, 2.75) is 39.7 Å². The molecule has 0 aromatic heterocycles. The lowest BCUT2D eigenvalue weighted by molar-refractivity contribution is -0.138. The summed E-state index contributed by atoms with van der Waals surface area (Å²) < 4.78 is 0. The highest BCUT2D eigenvalue weighted by molar-refractivity contribution is 6.35. The summed E-state index contributed by atoms with van der Waals surface area (Å²) in [4.78, 5) is 30.4. The Hall–Kier alpha value is -2.88. The van der Waals surface area contributed by atoms with Crippen molar-refractivity contribution in [3.05, 3.63) is 76.5 Å². The zero-order chi connectivity index (χ0) is 19.7. The first-order chi connectivity index (χ1) is 13.6. The number of likely N-dealkylation sites (tertiary alicyclic amines) is 1. The molecule has 2 heterocycles. The summed E-state index contributed by atoms with van der Waals surface area (Å²) in [7, 11) is 0. The zero-order valence-corrected chi connectivity index (χ0v) is 16.6. The molecule has 0 bridgehead atoms. The lowest BCUT2D eigenvalue weighted by Crippen LogP contribution is -2.36. The minimum Gasteiger partial charge on any atom is -0.366 e. The SMILES string of the molecule is Cc1ccc(C2=C(N3CCCCC3)C(=O)N(Cc3ccccc3)C2=O)c(C)c1. The standard InChI is InChI=1S/C24H26N2O2/c1-17-11-12-20(18(2)15-17)21-22(25-13-7-4-8-14-25)24(28)26(23(21)27)16-19-9-5-3-6-10-19/h3,5-6,9-12,15H,4,7-8,13-14,16H2,1-2H3. The number of piperidine rings is 1. The number of imide groups is 1. The Kier molecular flexibility index (Phi) is 5.03. The number of carbonyl (C=O) groups is 2. The van der Waals surface area contributed by atoms with Gasteiger partial charge >= 0.3 is 0 Å². The Labute approximate surface area is 166 Å². The second-order valence-electron chi connectivity index (χ2n) is 7.77. The highest BCUT2D eigenvalue weighted by atomic mass is 16.2. The lowest BCUT2D eigenvalue weighted by atomic mass is 9.97. The van der Waals surface area contributed by atoms with Gasteiger partial charge in [-0.2, -0.15) is 0 Å². The third kappa shape index (κ3) is 3.35. The molecule has 2 aromatic rings. The van der Waals surface area contributed by atoms with E-state index in [1.54, 1.807) is 0 Å². The Balaban J connectivity index is 1.78. The van der Waals surface area contributed by atoms with Crippen LogP contribution in [0, 0.1) is 13.8 Å². The number of benzene rings is 2. The van der Waals surface area contributed by atoms with Crippen molar-refractivity contribution < 1.29 is 9.59 Å². The third-order valence-corrected chi connectivity index (χ3v) is 5.65. The van der Waals surface area contributed by atoms with E-state index in [0.717, 1.165) is 48.2 Å². The van der Waals surface area contributed by atoms with Gasteiger partial charge in [-0.3, -0.25) is 14.5 Å². The summed E-state index contributed by atoms with van der Waals surface area (Å²) >= 11 is 0. The molecule has 28 heavy (non-hydrogen) atoms. The molecule has 4 nitrogen and oxygen atoms in total. The fourth-order valence-corrected chi connectivity index (χ4v) is 4.22. The molecule has 2 aromatic carbocycles. The molecular formula is C24H26N2O2. The number of amides is 2. The van der Waals surface area contributed by atoms with Crippen molar-refractivity contribution in [3.63, 3.8) is 0 Å². The Morgan fingerprint density at radius 3 is 2.25 bits per heavy atom. The maximum absolute atomic E-state index is 13.4. The van der Waals surface area contributed by atoms with Crippen molar-refractivity contribution in [1.82, 2.24) is 9.80 Å². The Bertz CT molecular complexity index is 940. The maximum Gasteiger partial charge on any atom is 0.278 e. The van der Waals surface area contributed by atoms with Crippen LogP contribution in [0.15, 0.2) is 54.2 Å². The van der Waals surface area contributed by atoms with Gasteiger partial charge in [-0.15, -0.1) is 0 Å². The number of carbonyl (C=O) groups excluding carboxylic acids is 2. The molecule has 144 valence electrons. The van der Waals surface area contributed by atoms with Crippen LogP contribution in [0.4, 0.5) is 0 Å². The van der Waals surface area contributed by atoms with E-state index in [1.165, 1.54) is 11.3 Å². The highest BCUT2D eigenvalue weighted by Crippen LogP contribution is 2.35. The average Bonchev–Trinajstić information content (AvgIpc) is 2.94. The van der Waals surface area contributed by atoms with E-state index < -0.39 is 0 Å². The molecule has 1 saturated heterocycles. The molecule has 2 aliphatic heterocycles. The molecule has 2 amide bonds. The predicted octanol–water partition coefficient (Wildman–Crippen LogP) is 4.07. The quantitative estimate of drug-likeness (QED) is 0.758. The topological polar surface area (TPSA) is 40.6 Å². The van der Waals surface area contributed by atoms with Crippen molar-refractivity contribution >= 4 is 17.4 Å². The number of hydrogen-bond donors (Lipinski definition) is 0. The van der Waals surface area contributed by atoms with Gasteiger partial charge < -0.3 is 4.90 Å². The van der Waals surface area contributed by atoms with E-state index in [9.17, 15) is 9.59 Å². The van der Waals surface area contributed by atoms with Crippen LogP contribution in [-0.4, -0.2) is 34.7 Å². The summed E-state index contributed by atoms with van der Waals surface area (Å²) in [5, 5.41) is 0. The monoisotopic (exact) mass is 374 g/mol. The van der Waals surface area contributed by atoms with Crippen molar-refractivity contribution in [2.75, 3.05) is 13.1 Å². The fourth-order valence-electron chi connectivity index (χ4n) is 4.22. The number of rotatable bonds is 4. The van der Waals surface area contributed by atoms with E-state index in [1.807, 2.05) is 56.3 Å². The van der Waals surface area contributed by atoms with Gasteiger partial charge in [0.15, 0.2) is 0 Å². The molecular weight excluding hydrogens is 348 g/mol. The third-order valence-electron chi connectivity index (χ3n) is 5.65. The smallest absolute Gasteiger partial charge is 0.278 e. The van der Waals surface area contributed by atoms with E-state index >= 15 is 0 Å². The first-order valence-electron chi connectivity index (χ1n) is 10.0. The van der Waals surface area contributed by atoms with Gasteiger partial charge in [-0.25, -0.2) is 0 Å². The van der Waals surface area contributed by atoms with Crippen molar-refractivity contribution in [1.29, 1.82) is 0 Å². The number of aryl methyl sites for hydroxylation is 2. The molecule has 0 radical (unpaired) electrons. The van der Waals surface area contributed by atoms with Crippen LogP contribution in [0.2, 0.25) is 0 Å². The molecule has 4 rings (SSSR count). The van der Waals surface area contributed by atoms with E-state index in [-0.39, 0.29) is 11.8 Å². The molecule has 4 heteroatoms. The van der Waals surface area contributed by atoms with Gasteiger partial charge in [0.25, 0.3) is 11.8 Å². The second-order valence-corrected chi connectivity index (χ2v) is 7.77. The van der Waals surface area contributed by atoms with E-state index in [2.05, 4.69) is 11.0 Å². The summed E-state index contributed by atoms with van der Waals surface area (Å²) in [6.45, 7) is 6.04. The Morgan fingerprint density at radius 1 is 0.857 bits per heavy atom. The zero-order valence-electron chi connectivity index (χ0n) is 16.6. The summed E-state index contributed by atoms with van der Waals surface area (Å²) in [5.74, 6) is -0.341. The largest absolute Gasteiger partial charge is 0.366 e. The van der Waals surface area contributed by atoms with Crippen LogP contribution >= 0.6 is 0 Å². The van der Waals surface area contributed by atoms with Gasteiger partial charge in [0.1, 0.15) is 5.70 Å². The molecule has 2 aliphatic rings. The van der Waals surface area contributed by atoms with Crippen LogP contribution in [-0.2, 0) is 16.1 Å². The fraction of sp³-hybridized carbons (Fsp3) is 0.333. The first-order valence-corrected chi connectivity index (χ1v) is 10.0. The minimum absolute atomic E-state index is 0.161. The van der Waals surface area contributed by atoms with Crippen LogP contribution in [0.3, 0.4) is 0 Å². The lowest BCUT2D eigenvalue weighted by Gasteiger charge is -2.29. The summed E-state index contributed by atoms with van der Waals surface area (Å²) in [5.41, 5.74) is 5.18. The molecule has 0 unspecified atom stereocenters. The second kappa shape index (κ2) is 7.63. The van der Waals surface area contributed by atoms with Gasteiger partial charge in [-0.1, -0.05) is 54.1 Å². The van der Waals surface area contributed by atoms with Crippen LogP contribution < -0.4 is 0 Å². The number of hydrogen-bond acceptors (Lipinski definition) is 3. The average molecular weight is 374 g/mol. The van der Waals surface area contributed by atoms with Gasteiger partial charge in [0, 0.05) is 13.1 Å². The van der Waals surface area contributed by atoms with Gasteiger partial charge in [0.2, 0.25) is 0 Å². The first kappa shape index (κ1) is 18.5. The van der Waals surface area contributed by atoms with E-state index in [0.29, 0.717) is 17.8 Å². The van der Waals surface area contributed by atoms with Crippen molar-refractivity contribution in [2.24, 2.45) is 0 Å². The molecule has 0 aliphatic carbocycles. The normalized spacial score (nSPS) is 17.6. The minimum atomic E-state index is -0.179. The summed E-state index contributed by atoms with van der Waals surface area (Å²) in [6, 6.07) is 15.8. The molecule has 0 N–H and O–H groups in total. The molecule has 0 atom stereocenters. The van der Waals surface area contributed by atoms with E-state index in [4.69, 9.17) is 0 Å². The molecule has 1 fully saturated rings. The van der Waals surface area contributed by atoms with Crippen LogP contribution in [0.1, 0.15) is 41.5 Å². The Morgan fingerprint density at radius 2 is 1.57 bits per heavy atom. The summed E-state index contributed by atoms with van der Waals surface area (Å²) in [6.07, 6.45) is 3.30. The molecule has 0 spiro atoms. The van der Waals surface area contributed by atoms with Crippen molar-refractivity contribution in [3.8, 4) is 0 Å². The number of nitrogens with zero attached hydrogens (tertiary/aromatic N) is 2. The maximum atomic E-state index is 13.4. The molecule has 0 saturated carbocycles. The van der Waals surface area contributed by atoms with Gasteiger partial charge in [-0.05, 0) is 49.8 Å². The van der Waals surface area contributed by atoms with Gasteiger partial charge in [0.05, 0.1) is 12.1 Å².